The third kappa shape index (κ3) is 3.80. The van der Waals surface area contributed by atoms with Gasteiger partial charge in [0.05, 0.1) is 0 Å². The largest absolute Gasteiger partial charge is 0.320 e. The van der Waals surface area contributed by atoms with Gasteiger partial charge < -0.3 is 5.32 Å². The van der Waals surface area contributed by atoms with Crippen molar-refractivity contribution in [1.29, 1.82) is 0 Å². The lowest BCUT2D eigenvalue weighted by atomic mass is 9.92. The van der Waals surface area contributed by atoms with Crippen molar-refractivity contribution in [2.24, 2.45) is 5.92 Å². The molecule has 1 N–H and O–H groups in total. The summed E-state index contributed by atoms with van der Waals surface area (Å²) in [4.78, 5) is 2.49. The maximum Gasteiger partial charge on any atom is 0.126 e. The molecule has 1 aliphatic heterocycles. The highest BCUT2D eigenvalue weighted by Crippen LogP contribution is 2.28. The van der Waals surface area contributed by atoms with Gasteiger partial charge in [0.2, 0.25) is 0 Å². The summed E-state index contributed by atoms with van der Waals surface area (Å²) in [5.41, 5.74) is 1.83. The van der Waals surface area contributed by atoms with Crippen LogP contribution in [0.5, 0.6) is 0 Å². The number of aryl methyl sites for hydroxylation is 1. The molecule has 0 spiro atoms. The summed E-state index contributed by atoms with van der Waals surface area (Å²) in [6, 6.07) is 5.97. The van der Waals surface area contributed by atoms with Crippen LogP contribution in [0.15, 0.2) is 18.2 Å². The number of benzene rings is 1. The third-order valence-electron chi connectivity index (χ3n) is 4.68. The Morgan fingerprint density at radius 2 is 2.05 bits per heavy atom. The first-order valence-corrected chi connectivity index (χ1v) is 7.76. The van der Waals surface area contributed by atoms with Gasteiger partial charge in [0, 0.05) is 6.04 Å². The van der Waals surface area contributed by atoms with Crippen molar-refractivity contribution in [1.82, 2.24) is 10.2 Å². The fourth-order valence-corrected chi connectivity index (χ4v) is 3.06. The second-order valence-electron chi connectivity index (χ2n) is 6.06. The molecule has 0 radical (unpaired) electrons. The lowest BCUT2D eigenvalue weighted by Gasteiger charge is -2.36. The Labute approximate surface area is 122 Å². The lowest BCUT2D eigenvalue weighted by Crippen LogP contribution is -2.36. The number of halogens is 1. The first-order valence-electron chi connectivity index (χ1n) is 7.76. The molecule has 1 aromatic carbocycles. The predicted molar refractivity (Wildman–Crippen MR) is 82.4 cm³/mol. The molecule has 0 bridgehead atoms. The zero-order valence-corrected chi connectivity index (χ0v) is 13.0. The Kier molecular flexibility index (Phi) is 5.55. The zero-order chi connectivity index (χ0) is 14.5. The van der Waals surface area contributed by atoms with Gasteiger partial charge in [-0.25, -0.2) is 4.39 Å². The summed E-state index contributed by atoms with van der Waals surface area (Å²) in [6.45, 7) is 7.38. The van der Waals surface area contributed by atoms with Gasteiger partial charge in [0.15, 0.2) is 0 Å². The Hall–Kier alpha value is -0.930. The van der Waals surface area contributed by atoms with Crippen LogP contribution in [0.4, 0.5) is 4.39 Å². The minimum absolute atomic E-state index is 0.0849. The van der Waals surface area contributed by atoms with Crippen LogP contribution in [-0.2, 0) is 0 Å². The molecule has 1 atom stereocenters. The quantitative estimate of drug-likeness (QED) is 0.886. The molecule has 1 aromatic rings. The number of hydrogen-bond donors (Lipinski definition) is 1. The van der Waals surface area contributed by atoms with Crippen molar-refractivity contribution in [3.63, 3.8) is 0 Å². The molecule has 1 aliphatic rings. The van der Waals surface area contributed by atoms with Crippen molar-refractivity contribution >= 4 is 0 Å². The second-order valence-corrected chi connectivity index (χ2v) is 6.06. The first kappa shape index (κ1) is 15.5. The molecule has 0 aliphatic carbocycles. The molecule has 2 rings (SSSR count). The summed E-state index contributed by atoms with van der Waals surface area (Å²) in [7, 11) is 2.02. The van der Waals surface area contributed by atoms with E-state index in [1.165, 1.54) is 19.3 Å². The standard InChI is InChI=1S/C17H27FN2/c1-13-4-5-16(12-17(13)18)14(2)20-10-7-15(8-11-20)6-9-19-3/h4-5,12,14-15,19H,6-11H2,1-3H3. The number of nitrogens with zero attached hydrogens (tertiary/aromatic N) is 1. The Bertz CT molecular complexity index is 425. The van der Waals surface area contributed by atoms with E-state index in [1.54, 1.807) is 6.07 Å². The molecule has 2 nitrogen and oxygen atoms in total. The highest BCUT2D eigenvalue weighted by molar-refractivity contribution is 5.25. The summed E-state index contributed by atoms with van der Waals surface area (Å²) in [5, 5.41) is 3.23. The SMILES string of the molecule is CNCCC1CCN(C(C)c2ccc(C)c(F)c2)CC1. The fraction of sp³-hybridized carbons (Fsp3) is 0.647. The molecule has 0 amide bonds. The van der Waals surface area contributed by atoms with Crippen LogP contribution in [0.2, 0.25) is 0 Å². The Balaban J connectivity index is 1.91. The molecule has 1 unspecified atom stereocenters. The van der Waals surface area contributed by atoms with Crippen LogP contribution >= 0.6 is 0 Å². The molecule has 3 heteroatoms. The molecule has 0 aromatic heterocycles. The van der Waals surface area contributed by atoms with E-state index in [2.05, 4.69) is 23.2 Å². The van der Waals surface area contributed by atoms with Gasteiger partial charge in [-0.15, -0.1) is 0 Å². The van der Waals surface area contributed by atoms with Gasteiger partial charge in [0.1, 0.15) is 5.82 Å². The smallest absolute Gasteiger partial charge is 0.126 e. The Morgan fingerprint density at radius 3 is 2.65 bits per heavy atom. The summed E-state index contributed by atoms with van der Waals surface area (Å²) in [5.74, 6) is 0.763. The first-order chi connectivity index (χ1) is 9.61. The van der Waals surface area contributed by atoms with Crippen LogP contribution < -0.4 is 5.32 Å². The van der Waals surface area contributed by atoms with Crippen LogP contribution in [0.3, 0.4) is 0 Å². The highest BCUT2D eigenvalue weighted by Gasteiger charge is 2.23. The molecular formula is C17H27FN2. The van der Waals surface area contributed by atoms with Crippen molar-refractivity contribution in [3.8, 4) is 0 Å². The van der Waals surface area contributed by atoms with Crippen LogP contribution in [0, 0.1) is 18.7 Å². The molecule has 1 heterocycles. The monoisotopic (exact) mass is 278 g/mol. The minimum Gasteiger partial charge on any atom is -0.320 e. The molecule has 20 heavy (non-hydrogen) atoms. The maximum absolute atomic E-state index is 13.7. The molecule has 0 saturated carbocycles. The average molecular weight is 278 g/mol. The molecule has 1 fully saturated rings. The molecule has 112 valence electrons. The van der Waals surface area contributed by atoms with Gasteiger partial charge in [-0.3, -0.25) is 4.90 Å². The third-order valence-corrected chi connectivity index (χ3v) is 4.68. The second kappa shape index (κ2) is 7.19. The van der Waals surface area contributed by atoms with Crippen LogP contribution in [0.1, 0.15) is 43.4 Å². The summed E-state index contributed by atoms with van der Waals surface area (Å²) in [6.07, 6.45) is 3.80. The van der Waals surface area contributed by atoms with Crippen molar-refractivity contribution in [2.75, 3.05) is 26.7 Å². The number of nitrogens with one attached hydrogen (secondary N) is 1. The lowest BCUT2D eigenvalue weighted by molar-refractivity contribution is 0.137. The normalized spacial score (nSPS) is 19.2. The molecular weight excluding hydrogens is 251 g/mol. The van der Waals surface area contributed by atoms with E-state index < -0.39 is 0 Å². The van der Waals surface area contributed by atoms with E-state index in [9.17, 15) is 4.39 Å². The molecule has 1 saturated heterocycles. The number of likely N-dealkylation sites (tertiary alicyclic amines) is 1. The van der Waals surface area contributed by atoms with Crippen LogP contribution in [0.25, 0.3) is 0 Å². The van der Waals surface area contributed by atoms with E-state index in [-0.39, 0.29) is 5.82 Å². The maximum atomic E-state index is 13.7. The van der Waals surface area contributed by atoms with E-state index in [0.29, 0.717) is 6.04 Å². The van der Waals surface area contributed by atoms with Gasteiger partial charge in [0.25, 0.3) is 0 Å². The highest BCUT2D eigenvalue weighted by atomic mass is 19.1. The Morgan fingerprint density at radius 1 is 1.35 bits per heavy atom. The zero-order valence-electron chi connectivity index (χ0n) is 13.0. The van der Waals surface area contributed by atoms with Crippen LogP contribution in [-0.4, -0.2) is 31.6 Å². The summed E-state index contributed by atoms with van der Waals surface area (Å²) >= 11 is 0. The average Bonchev–Trinajstić information content (AvgIpc) is 2.48. The van der Waals surface area contributed by atoms with E-state index in [0.717, 1.165) is 36.7 Å². The van der Waals surface area contributed by atoms with Gasteiger partial charge >= 0.3 is 0 Å². The van der Waals surface area contributed by atoms with Gasteiger partial charge in [-0.05, 0) is 82.9 Å². The van der Waals surface area contributed by atoms with E-state index in [1.807, 2.05) is 20.0 Å². The minimum atomic E-state index is -0.0849. The van der Waals surface area contributed by atoms with Crippen molar-refractivity contribution < 1.29 is 4.39 Å². The van der Waals surface area contributed by atoms with Gasteiger partial charge in [-0.2, -0.15) is 0 Å². The number of rotatable bonds is 5. The number of hydrogen-bond acceptors (Lipinski definition) is 2. The topological polar surface area (TPSA) is 15.3 Å². The van der Waals surface area contributed by atoms with Gasteiger partial charge in [-0.1, -0.05) is 12.1 Å². The van der Waals surface area contributed by atoms with Crippen molar-refractivity contribution in [2.45, 2.75) is 39.2 Å². The van der Waals surface area contributed by atoms with E-state index in [4.69, 9.17) is 0 Å². The predicted octanol–water partition coefficient (Wildman–Crippen LogP) is 3.52. The fourth-order valence-electron chi connectivity index (χ4n) is 3.06. The summed E-state index contributed by atoms with van der Waals surface area (Å²) < 4.78 is 13.7. The van der Waals surface area contributed by atoms with Crippen molar-refractivity contribution in [3.05, 3.63) is 35.1 Å². The van der Waals surface area contributed by atoms with E-state index >= 15 is 0 Å². The number of piperidine rings is 1.